The van der Waals surface area contributed by atoms with Gasteiger partial charge in [0.1, 0.15) is 13.1 Å². The van der Waals surface area contributed by atoms with E-state index in [-0.39, 0.29) is 19.5 Å². The second-order valence-electron chi connectivity index (χ2n) is 5.78. The Morgan fingerprint density at radius 2 is 2.12 bits per heavy atom. The van der Waals surface area contributed by atoms with Crippen LogP contribution >= 0.6 is 0 Å². The van der Waals surface area contributed by atoms with Crippen molar-refractivity contribution in [2.24, 2.45) is 0 Å². The Morgan fingerprint density at radius 3 is 2.64 bits per heavy atom. The number of nitriles is 1. The van der Waals surface area contributed by atoms with Crippen LogP contribution in [-0.4, -0.2) is 52.9 Å². The van der Waals surface area contributed by atoms with Crippen LogP contribution in [0.25, 0.3) is 0 Å². The fraction of sp³-hybridized carbons (Fsp3) is 0.353. The third kappa shape index (κ3) is 6.41. The molecule has 1 aromatic carbocycles. The third-order valence-corrected chi connectivity index (χ3v) is 3.73. The normalized spacial score (nSPS) is 11.2. The van der Waals surface area contributed by atoms with Crippen LogP contribution in [0.1, 0.15) is 16.7 Å². The summed E-state index contributed by atoms with van der Waals surface area (Å²) < 4.78 is 0. The van der Waals surface area contributed by atoms with Crippen LogP contribution in [0.5, 0.6) is 0 Å². The molecule has 3 N–H and O–H groups in total. The van der Waals surface area contributed by atoms with E-state index >= 15 is 0 Å². The lowest BCUT2D eigenvalue weighted by Gasteiger charge is -2.22. The van der Waals surface area contributed by atoms with Crippen molar-refractivity contribution < 1.29 is 19.6 Å². The summed E-state index contributed by atoms with van der Waals surface area (Å²) in [6, 6.07) is 7.54. The second-order valence-corrected chi connectivity index (χ2v) is 5.78. The molecule has 0 heterocycles. The van der Waals surface area contributed by atoms with E-state index in [0.717, 1.165) is 27.7 Å². The zero-order chi connectivity index (χ0) is 19.0. The maximum atomic E-state index is 12.1. The Labute approximate surface area is 147 Å². The molecule has 0 bridgehead atoms. The highest BCUT2D eigenvalue weighted by Crippen LogP contribution is 2.13. The molecule has 8 heteroatoms. The van der Waals surface area contributed by atoms with Gasteiger partial charge in [-0.1, -0.05) is 30.3 Å². The van der Waals surface area contributed by atoms with Gasteiger partial charge in [-0.05, 0) is 37.5 Å². The Morgan fingerprint density at radius 1 is 1.44 bits per heavy atom. The van der Waals surface area contributed by atoms with Gasteiger partial charge < -0.3 is 20.3 Å². The van der Waals surface area contributed by atoms with Gasteiger partial charge in [0.2, 0.25) is 11.8 Å². The number of benzene rings is 1. The average Bonchev–Trinajstić information content (AvgIpc) is 2.55. The molecule has 25 heavy (non-hydrogen) atoms. The molecule has 0 aliphatic rings. The van der Waals surface area contributed by atoms with Crippen molar-refractivity contribution in [3.63, 3.8) is 0 Å². The van der Waals surface area contributed by atoms with E-state index in [2.05, 4.69) is 11.9 Å². The first-order chi connectivity index (χ1) is 11.8. The van der Waals surface area contributed by atoms with Crippen molar-refractivity contribution in [1.29, 1.82) is 5.26 Å². The summed E-state index contributed by atoms with van der Waals surface area (Å²) in [6.45, 7) is 6.55. The molecule has 0 aromatic heterocycles. The summed E-state index contributed by atoms with van der Waals surface area (Å²) in [5.41, 5.74) is 2.94. The molecule has 1 aromatic rings. The van der Waals surface area contributed by atoms with Crippen molar-refractivity contribution >= 4 is 18.9 Å². The SMILES string of the molecule is C=CC(=O)N(CC#N)CC(=O)N[C@@H](Cc1ccc(C)cc1C)B(O)O. The Kier molecular flexibility index (Phi) is 7.86. The molecule has 0 unspecified atom stereocenters. The molecule has 1 atom stereocenters. The number of hydrogen-bond donors (Lipinski definition) is 3. The summed E-state index contributed by atoms with van der Waals surface area (Å²) in [6.07, 6.45) is 1.24. The number of aryl methyl sites for hydroxylation is 2. The molecule has 2 amide bonds. The fourth-order valence-corrected chi connectivity index (χ4v) is 2.39. The molecule has 0 fully saturated rings. The quantitative estimate of drug-likeness (QED) is 0.346. The zero-order valence-electron chi connectivity index (χ0n) is 14.4. The fourth-order valence-electron chi connectivity index (χ4n) is 2.39. The highest BCUT2D eigenvalue weighted by molar-refractivity contribution is 6.43. The minimum Gasteiger partial charge on any atom is -0.426 e. The van der Waals surface area contributed by atoms with Crippen LogP contribution < -0.4 is 5.32 Å². The molecule has 0 radical (unpaired) electrons. The van der Waals surface area contributed by atoms with Crippen LogP contribution in [0.2, 0.25) is 0 Å². The van der Waals surface area contributed by atoms with Gasteiger partial charge in [0, 0.05) is 0 Å². The number of carbonyl (C=O) groups is 2. The summed E-state index contributed by atoms with van der Waals surface area (Å²) in [5, 5.41) is 30.3. The summed E-state index contributed by atoms with van der Waals surface area (Å²) in [5.74, 6) is -2.07. The molecular formula is C17H22BN3O4. The van der Waals surface area contributed by atoms with Gasteiger partial charge in [-0.25, -0.2) is 0 Å². The van der Waals surface area contributed by atoms with Crippen LogP contribution in [-0.2, 0) is 16.0 Å². The van der Waals surface area contributed by atoms with E-state index in [4.69, 9.17) is 5.26 Å². The molecule has 7 nitrogen and oxygen atoms in total. The highest BCUT2D eigenvalue weighted by atomic mass is 16.4. The first-order valence-corrected chi connectivity index (χ1v) is 7.78. The summed E-state index contributed by atoms with van der Waals surface area (Å²) in [4.78, 5) is 24.7. The number of rotatable bonds is 8. The van der Waals surface area contributed by atoms with Crippen molar-refractivity contribution in [2.75, 3.05) is 13.1 Å². The van der Waals surface area contributed by atoms with Crippen LogP contribution in [0, 0.1) is 25.2 Å². The standard InChI is InChI=1S/C17H22BN3O4/c1-4-17(23)21(8-7-19)11-16(22)20-15(18(24)25)10-14-6-5-12(2)9-13(14)3/h4-6,9,15,24-25H,1,8,10-11H2,2-3H3,(H,20,22)/t15-/m0/s1. The Balaban J connectivity index is 2.80. The first kappa shape index (κ1) is 20.4. The largest absolute Gasteiger partial charge is 0.475 e. The minimum atomic E-state index is -1.76. The van der Waals surface area contributed by atoms with Crippen LogP contribution in [0.4, 0.5) is 0 Å². The van der Waals surface area contributed by atoms with Gasteiger partial charge in [-0.15, -0.1) is 0 Å². The number of nitrogens with zero attached hydrogens (tertiary/aromatic N) is 2. The lowest BCUT2D eigenvalue weighted by Crippen LogP contribution is -2.51. The van der Waals surface area contributed by atoms with Crippen molar-refractivity contribution in [3.05, 3.63) is 47.5 Å². The van der Waals surface area contributed by atoms with Gasteiger partial charge in [0.05, 0.1) is 12.0 Å². The smallest absolute Gasteiger partial charge is 0.426 e. The van der Waals surface area contributed by atoms with E-state index in [0.29, 0.717) is 0 Å². The summed E-state index contributed by atoms with van der Waals surface area (Å²) in [7, 11) is -1.76. The Bertz CT molecular complexity index is 685. The van der Waals surface area contributed by atoms with Crippen molar-refractivity contribution in [1.82, 2.24) is 10.2 Å². The predicted molar refractivity (Wildman–Crippen MR) is 94.1 cm³/mol. The highest BCUT2D eigenvalue weighted by Gasteiger charge is 2.27. The van der Waals surface area contributed by atoms with Crippen LogP contribution in [0.15, 0.2) is 30.9 Å². The van der Waals surface area contributed by atoms with E-state index in [1.54, 1.807) is 6.07 Å². The van der Waals surface area contributed by atoms with Crippen LogP contribution in [0.3, 0.4) is 0 Å². The lowest BCUT2D eigenvalue weighted by atomic mass is 9.75. The third-order valence-electron chi connectivity index (χ3n) is 3.73. The van der Waals surface area contributed by atoms with E-state index in [1.807, 2.05) is 32.0 Å². The average molecular weight is 343 g/mol. The van der Waals surface area contributed by atoms with Gasteiger partial charge in [0.15, 0.2) is 0 Å². The van der Waals surface area contributed by atoms with Gasteiger partial charge >= 0.3 is 7.12 Å². The lowest BCUT2D eigenvalue weighted by molar-refractivity contribution is -0.132. The maximum Gasteiger partial charge on any atom is 0.475 e. The molecule has 0 spiro atoms. The number of hydrogen-bond acceptors (Lipinski definition) is 5. The van der Waals surface area contributed by atoms with Gasteiger partial charge in [0.25, 0.3) is 0 Å². The second kappa shape index (κ2) is 9.62. The van der Waals surface area contributed by atoms with Crippen molar-refractivity contribution in [2.45, 2.75) is 26.2 Å². The Hall–Kier alpha value is -2.63. The maximum absolute atomic E-state index is 12.1. The topological polar surface area (TPSA) is 114 Å². The monoisotopic (exact) mass is 343 g/mol. The van der Waals surface area contributed by atoms with E-state index in [1.165, 1.54) is 0 Å². The van der Waals surface area contributed by atoms with Crippen molar-refractivity contribution in [3.8, 4) is 6.07 Å². The van der Waals surface area contributed by atoms with Gasteiger partial charge in [-0.3, -0.25) is 9.59 Å². The minimum absolute atomic E-state index is 0.225. The zero-order valence-corrected chi connectivity index (χ0v) is 14.4. The number of nitrogens with one attached hydrogen (secondary N) is 1. The van der Waals surface area contributed by atoms with Gasteiger partial charge in [-0.2, -0.15) is 5.26 Å². The molecule has 0 saturated heterocycles. The van der Waals surface area contributed by atoms with E-state index in [9.17, 15) is 19.6 Å². The summed E-state index contributed by atoms with van der Waals surface area (Å²) >= 11 is 0. The molecule has 1 rings (SSSR count). The van der Waals surface area contributed by atoms with E-state index < -0.39 is 24.9 Å². The molecule has 132 valence electrons. The molecule has 0 saturated carbocycles. The predicted octanol–water partition coefficient (Wildman–Crippen LogP) is -0.119. The first-order valence-electron chi connectivity index (χ1n) is 7.78. The molecule has 0 aliphatic heterocycles. The molecular weight excluding hydrogens is 321 g/mol. The number of amides is 2. The number of carbonyl (C=O) groups excluding carboxylic acids is 2. The molecule has 0 aliphatic carbocycles.